The largest absolute Gasteiger partial charge is 0.497 e. The Hall–Kier alpha value is -3.47. The number of benzene rings is 2. The molecular weight excluding hydrogens is 516 g/mol. The Kier molecular flexibility index (Phi) is 11.1. The molecule has 3 rings (SSSR count). The Morgan fingerprint density at radius 2 is 1.85 bits per heavy atom. The summed E-state index contributed by atoms with van der Waals surface area (Å²) in [7, 11) is 2.92. The highest BCUT2D eigenvalue weighted by Gasteiger charge is 2.43. The van der Waals surface area contributed by atoms with Crippen molar-refractivity contribution in [2.45, 2.75) is 57.4 Å². The molecule has 0 saturated carbocycles. The third-order valence-electron chi connectivity index (χ3n) is 6.21. The zero-order chi connectivity index (χ0) is 29.3. The molecule has 0 amide bonds. The van der Waals surface area contributed by atoms with Crippen LogP contribution in [0.15, 0.2) is 66.3 Å². The van der Waals surface area contributed by atoms with Crippen molar-refractivity contribution in [2.24, 2.45) is 0 Å². The Bertz CT molecular complexity index is 1210. The van der Waals surface area contributed by atoms with Gasteiger partial charge in [-0.1, -0.05) is 54.6 Å². The predicted molar refractivity (Wildman–Crippen MR) is 151 cm³/mol. The SMILES string of the molecule is COCOc1cc(OC)cc(/C=C/C[C@@H]2OC(C)(C)O[C@@H]2C(O)/C=C\C(=C\c2ccccc2)[C@H](C)O)c1C(=O)O. The topological polar surface area (TPSA) is 124 Å². The van der Waals surface area contributed by atoms with Crippen molar-refractivity contribution in [2.75, 3.05) is 21.0 Å². The van der Waals surface area contributed by atoms with Crippen LogP contribution < -0.4 is 9.47 Å². The Morgan fingerprint density at radius 3 is 2.48 bits per heavy atom. The first kappa shape index (κ1) is 31.1. The van der Waals surface area contributed by atoms with Gasteiger partial charge in [-0.05, 0) is 56.0 Å². The molecule has 0 bridgehead atoms. The van der Waals surface area contributed by atoms with Crippen LogP contribution >= 0.6 is 0 Å². The number of hydrogen-bond donors (Lipinski definition) is 3. The number of aromatic carboxylic acids is 1. The zero-order valence-corrected chi connectivity index (χ0v) is 23.4. The minimum atomic E-state index is -1.16. The molecule has 2 aromatic rings. The van der Waals surface area contributed by atoms with Gasteiger partial charge in [-0.3, -0.25) is 0 Å². The number of ether oxygens (including phenoxy) is 5. The fourth-order valence-corrected chi connectivity index (χ4v) is 4.36. The average Bonchev–Trinajstić information content (AvgIpc) is 3.23. The van der Waals surface area contributed by atoms with E-state index in [1.165, 1.54) is 20.3 Å². The van der Waals surface area contributed by atoms with Gasteiger partial charge in [0.15, 0.2) is 12.6 Å². The summed E-state index contributed by atoms with van der Waals surface area (Å²) >= 11 is 0. The van der Waals surface area contributed by atoms with Crippen molar-refractivity contribution >= 4 is 18.1 Å². The van der Waals surface area contributed by atoms with Gasteiger partial charge in [0.2, 0.25) is 0 Å². The molecular formula is C31H38O9. The molecule has 1 aliphatic rings. The van der Waals surface area contributed by atoms with Crippen LogP contribution in [0.4, 0.5) is 0 Å². The van der Waals surface area contributed by atoms with Gasteiger partial charge >= 0.3 is 5.97 Å². The molecule has 40 heavy (non-hydrogen) atoms. The number of carboxylic acids is 1. The fourth-order valence-electron chi connectivity index (χ4n) is 4.36. The minimum absolute atomic E-state index is 0.0339. The van der Waals surface area contributed by atoms with E-state index >= 15 is 0 Å². The first-order chi connectivity index (χ1) is 19.0. The number of aliphatic hydroxyl groups is 2. The highest BCUT2D eigenvalue weighted by atomic mass is 16.8. The van der Waals surface area contributed by atoms with Crippen LogP contribution in [0.1, 0.15) is 48.7 Å². The molecule has 9 nitrogen and oxygen atoms in total. The van der Waals surface area contributed by atoms with Crippen LogP contribution in [0.3, 0.4) is 0 Å². The van der Waals surface area contributed by atoms with E-state index in [1.807, 2.05) is 36.4 Å². The second-order valence-electron chi connectivity index (χ2n) is 9.80. The summed E-state index contributed by atoms with van der Waals surface area (Å²) in [4.78, 5) is 12.0. The van der Waals surface area contributed by atoms with Crippen LogP contribution in [0.25, 0.3) is 12.2 Å². The number of carbonyl (C=O) groups is 1. The molecule has 0 spiro atoms. The van der Waals surface area contributed by atoms with Crippen molar-refractivity contribution in [3.05, 3.63) is 83.0 Å². The van der Waals surface area contributed by atoms with Gasteiger partial charge in [-0.2, -0.15) is 0 Å². The summed E-state index contributed by atoms with van der Waals surface area (Å²) in [5, 5.41) is 31.1. The second kappa shape index (κ2) is 14.2. The van der Waals surface area contributed by atoms with Crippen molar-refractivity contribution < 1.29 is 43.8 Å². The van der Waals surface area contributed by atoms with Crippen LogP contribution in [0.2, 0.25) is 0 Å². The Morgan fingerprint density at radius 1 is 1.12 bits per heavy atom. The molecule has 1 heterocycles. The molecule has 1 aliphatic heterocycles. The van der Waals surface area contributed by atoms with Crippen LogP contribution in [-0.2, 0) is 14.2 Å². The number of hydrogen-bond acceptors (Lipinski definition) is 8. The molecule has 216 valence electrons. The van der Waals surface area contributed by atoms with Crippen molar-refractivity contribution in [1.82, 2.24) is 0 Å². The van der Waals surface area contributed by atoms with E-state index in [4.69, 9.17) is 23.7 Å². The third kappa shape index (κ3) is 8.51. The van der Waals surface area contributed by atoms with E-state index in [9.17, 15) is 20.1 Å². The first-order valence-electron chi connectivity index (χ1n) is 12.9. The fraction of sp³-hybridized carbons (Fsp3) is 0.387. The molecule has 9 heteroatoms. The van der Waals surface area contributed by atoms with Crippen LogP contribution in [0, 0.1) is 0 Å². The minimum Gasteiger partial charge on any atom is -0.497 e. The summed E-state index contributed by atoms with van der Waals surface area (Å²) in [6, 6.07) is 12.7. The molecule has 0 aliphatic carbocycles. The third-order valence-corrected chi connectivity index (χ3v) is 6.21. The predicted octanol–water partition coefficient (Wildman–Crippen LogP) is 4.68. The van der Waals surface area contributed by atoms with E-state index in [0.29, 0.717) is 23.3 Å². The van der Waals surface area contributed by atoms with Gasteiger partial charge in [-0.25, -0.2) is 4.79 Å². The van der Waals surface area contributed by atoms with Gasteiger partial charge < -0.3 is 39.0 Å². The lowest BCUT2D eigenvalue weighted by Crippen LogP contribution is -2.34. The highest BCUT2D eigenvalue weighted by Crippen LogP contribution is 2.34. The lowest BCUT2D eigenvalue weighted by atomic mass is 10.0. The molecule has 1 fully saturated rings. The summed E-state index contributed by atoms with van der Waals surface area (Å²) in [6.07, 6.45) is 5.84. The highest BCUT2D eigenvalue weighted by molar-refractivity contribution is 5.95. The normalized spacial score (nSPS) is 20.6. The average molecular weight is 555 g/mol. The van der Waals surface area contributed by atoms with Crippen LogP contribution in [-0.4, -0.2) is 72.5 Å². The van der Waals surface area contributed by atoms with Crippen molar-refractivity contribution in [1.29, 1.82) is 0 Å². The molecule has 4 atom stereocenters. The van der Waals surface area contributed by atoms with Gasteiger partial charge in [0.25, 0.3) is 0 Å². The maximum atomic E-state index is 12.0. The van der Waals surface area contributed by atoms with Crippen molar-refractivity contribution in [3.63, 3.8) is 0 Å². The summed E-state index contributed by atoms with van der Waals surface area (Å²) in [6.45, 7) is 5.07. The van der Waals surface area contributed by atoms with Crippen LogP contribution in [0.5, 0.6) is 11.5 Å². The van der Waals surface area contributed by atoms with Crippen molar-refractivity contribution in [3.8, 4) is 11.5 Å². The van der Waals surface area contributed by atoms with E-state index in [-0.39, 0.29) is 18.1 Å². The summed E-state index contributed by atoms with van der Waals surface area (Å²) < 4.78 is 27.8. The molecule has 0 aromatic heterocycles. The molecule has 1 unspecified atom stereocenters. The van der Waals surface area contributed by atoms with E-state index in [1.54, 1.807) is 51.1 Å². The molecule has 1 saturated heterocycles. The zero-order valence-electron chi connectivity index (χ0n) is 23.4. The number of aliphatic hydroxyl groups excluding tert-OH is 2. The quantitative estimate of drug-likeness (QED) is 0.239. The van der Waals surface area contributed by atoms with E-state index in [0.717, 1.165) is 5.56 Å². The second-order valence-corrected chi connectivity index (χ2v) is 9.80. The first-order valence-corrected chi connectivity index (χ1v) is 12.9. The lowest BCUT2D eigenvalue weighted by molar-refractivity contribution is -0.152. The van der Waals surface area contributed by atoms with Gasteiger partial charge in [0.05, 0.1) is 19.3 Å². The summed E-state index contributed by atoms with van der Waals surface area (Å²) in [5.74, 6) is -1.56. The monoisotopic (exact) mass is 554 g/mol. The molecule has 3 N–H and O–H groups in total. The van der Waals surface area contributed by atoms with Gasteiger partial charge in [0, 0.05) is 13.2 Å². The van der Waals surface area contributed by atoms with E-state index in [2.05, 4.69) is 0 Å². The maximum absolute atomic E-state index is 12.0. The summed E-state index contributed by atoms with van der Waals surface area (Å²) in [5.41, 5.74) is 1.90. The van der Waals surface area contributed by atoms with E-state index < -0.39 is 36.2 Å². The standard InChI is InChI=1S/C31H38O9/c1-20(32)22(16-21-10-7-6-8-11-21)14-15-25(33)29-26(39-31(2,3)40-29)13-9-12-23-17-24(37-5)18-27(38-19-36-4)28(23)30(34)35/h6-12,14-18,20,25-26,29,32-33H,13,19H2,1-5H3,(H,34,35)/b12-9+,15-14-,22-16-/t20-,25?,26-,29+/m0/s1. The Balaban J connectivity index is 1.81. The number of carboxylic acid groups (broad SMARTS) is 1. The van der Waals surface area contributed by atoms with Gasteiger partial charge in [-0.15, -0.1) is 0 Å². The smallest absolute Gasteiger partial charge is 0.340 e. The maximum Gasteiger partial charge on any atom is 0.340 e. The Labute approximate surface area is 234 Å². The van der Waals surface area contributed by atoms with Gasteiger partial charge in [0.1, 0.15) is 29.3 Å². The number of rotatable bonds is 13. The lowest BCUT2D eigenvalue weighted by Gasteiger charge is -2.20. The molecule has 2 aromatic carbocycles. The molecule has 0 radical (unpaired) electrons. The number of methoxy groups -OCH3 is 2.